The summed E-state index contributed by atoms with van der Waals surface area (Å²) in [6.45, 7) is 1.22. The Morgan fingerprint density at radius 1 is 1.03 bits per heavy atom. The number of nitrogens with one attached hydrogen (secondary N) is 1. The van der Waals surface area contributed by atoms with E-state index in [0.717, 1.165) is 33.7 Å². The Morgan fingerprint density at radius 3 is 2.57 bits per heavy atom. The largest absolute Gasteiger partial charge is 0.497 e. The lowest BCUT2D eigenvalue weighted by atomic mass is 9.92. The fourth-order valence-electron chi connectivity index (χ4n) is 4.44. The van der Waals surface area contributed by atoms with Crippen LogP contribution in [0.25, 0.3) is 5.57 Å². The molecule has 1 heterocycles. The average Bonchev–Trinajstić information content (AvgIpc) is 3.16. The van der Waals surface area contributed by atoms with E-state index in [4.69, 9.17) is 9.47 Å². The molecule has 1 aliphatic heterocycles. The lowest BCUT2D eigenvalue weighted by Gasteiger charge is -2.33. The molecule has 37 heavy (non-hydrogen) atoms. The van der Waals surface area contributed by atoms with Crippen molar-refractivity contribution in [3.8, 4) is 5.75 Å². The van der Waals surface area contributed by atoms with Gasteiger partial charge in [0.25, 0.3) is 0 Å². The van der Waals surface area contributed by atoms with Crippen LogP contribution in [-0.4, -0.2) is 44.3 Å². The third-order valence-corrected chi connectivity index (χ3v) is 6.33. The van der Waals surface area contributed by atoms with Crippen molar-refractivity contribution in [2.45, 2.75) is 12.6 Å². The van der Waals surface area contributed by atoms with Crippen LogP contribution < -0.4 is 15.0 Å². The van der Waals surface area contributed by atoms with Crippen molar-refractivity contribution in [3.63, 3.8) is 0 Å². The number of Topliss-reactive ketones (excluding diaryl/α,β-unsaturated/α-hetero) is 1. The van der Waals surface area contributed by atoms with Gasteiger partial charge in [0.2, 0.25) is 5.78 Å². The Bertz CT molecular complexity index is 1380. The fourth-order valence-corrected chi connectivity index (χ4v) is 4.44. The summed E-state index contributed by atoms with van der Waals surface area (Å²) >= 11 is 0. The smallest absolute Gasteiger partial charge is 0.412 e. The number of benzene rings is 3. The second kappa shape index (κ2) is 11.0. The number of methoxy groups -OCH3 is 1. The number of ketones is 1. The first-order valence-corrected chi connectivity index (χ1v) is 12.1. The van der Waals surface area contributed by atoms with Gasteiger partial charge in [0.1, 0.15) is 18.4 Å². The summed E-state index contributed by atoms with van der Waals surface area (Å²) in [5.74, 6) is 0.517. The first kappa shape index (κ1) is 24.1. The Balaban J connectivity index is 1.45. The van der Waals surface area contributed by atoms with E-state index in [2.05, 4.69) is 10.3 Å². The van der Waals surface area contributed by atoms with E-state index >= 15 is 0 Å². The van der Waals surface area contributed by atoms with Gasteiger partial charge in [-0.1, -0.05) is 60.7 Å². The first-order chi connectivity index (χ1) is 18.1. The van der Waals surface area contributed by atoms with E-state index in [1.54, 1.807) is 13.2 Å². The van der Waals surface area contributed by atoms with Gasteiger partial charge in [-0.2, -0.15) is 0 Å². The molecule has 0 spiro atoms. The number of para-hydroxylation sites is 1. The van der Waals surface area contributed by atoms with Crippen LogP contribution in [0.3, 0.4) is 0 Å². The number of fused-ring (bicyclic) bond motifs is 1. The number of hydrogen-bond acceptors (Lipinski definition) is 6. The second-order valence-electron chi connectivity index (χ2n) is 8.69. The number of nitrogens with zero attached hydrogens (tertiary/aromatic N) is 2. The van der Waals surface area contributed by atoms with Crippen LogP contribution >= 0.6 is 0 Å². The van der Waals surface area contributed by atoms with E-state index in [1.807, 2.05) is 96.1 Å². The van der Waals surface area contributed by atoms with E-state index < -0.39 is 12.1 Å². The molecule has 0 saturated carbocycles. The Hall–Kier alpha value is -4.65. The van der Waals surface area contributed by atoms with Crippen LogP contribution in [0.5, 0.6) is 5.75 Å². The normalized spacial score (nSPS) is 16.7. The Labute approximate surface area is 215 Å². The third kappa shape index (κ3) is 5.46. The SMILES string of the molecule is COc1ccc(C2=CC(N3CCN=Cc4ccccc43)C(=O)C(NC(=O)OCc3ccccc3)=C2)cc1. The third-order valence-electron chi connectivity index (χ3n) is 6.33. The number of carbonyl (C=O) groups is 2. The van der Waals surface area contributed by atoms with E-state index in [9.17, 15) is 9.59 Å². The van der Waals surface area contributed by atoms with E-state index in [1.165, 1.54) is 0 Å². The van der Waals surface area contributed by atoms with Gasteiger partial charge in [-0.3, -0.25) is 15.1 Å². The second-order valence-corrected chi connectivity index (χ2v) is 8.69. The van der Waals surface area contributed by atoms with Crippen LogP contribution in [0.4, 0.5) is 10.5 Å². The fraction of sp³-hybridized carbons (Fsp3) is 0.167. The molecule has 2 aliphatic rings. The quantitative estimate of drug-likeness (QED) is 0.535. The molecular weight excluding hydrogens is 466 g/mol. The predicted octanol–water partition coefficient (Wildman–Crippen LogP) is 4.78. The molecule has 1 aliphatic carbocycles. The van der Waals surface area contributed by atoms with Crippen molar-refractivity contribution in [2.75, 3.05) is 25.1 Å². The molecule has 5 rings (SSSR count). The van der Waals surface area contributed by atoms with Crippen LogP contribution in [-0.2, 0) is 16.1 Å². The topological polar surface area (TPSA) is 80.2 Å². The van der Waals surface area contributed by atoms with Gasteiger partial charge in [-0.15, -0.1) is 0 Å². The van der Waals surface area contributed by atoms with Crippen molar-refractivity contribution >= 4 is 29.4 Å². The molecule has 186 valence electrons. The van der Waals surface area contributed by atoms with Crippen LogP contribution in [0.2, 0.25) is 0 Å². The highest BCUT2D eigenvalue weighted by molar-refractivity contribution is 6.10. The van der Waals surface area contributed by atoms with Gasteiger partial charge in [-0.25, -0.2) is 4.79 Å². The number of aliphatic imine (C=N–C) groups is 1. The maximum absolute atomic E-state index is 13.7. The lowest BCUT2D eigenvalue weighted by Crippen LogP contribution is -2.46. The molecule has 1 amide bonds. The molecule has 0 bridgehead atoms. The van der Waals surface area contributed by atoms with Crippen molar-refractivity contribution in [1.82, 2.24) is 5.32 Å². The molecule has 7 heteroatoms. The van der Waals surface area contributed by atoms with Gasteiger partial charge in [0.05, 0.1) is 19.4 Å². The zero-order valence-corrected chi connectivity index (χ0v) is 20.5. The molecule has 1 atom stereocenters. The zero-order chi connectivity index (χ0) is 25.6. The number of anilines is 1. The minimum atomic E-state index is -0.683. The van der Waals surface area contributed by atoms with Crippen LogP contribution in [0, 0.1) is 0 Å². The van der Waals surface area contributed by atoms with Crippen LogP contribution in [0.1, 0.15) is 16.7 Å². The number of alkyl carbamates (subject to hydrolysis) is 1. The summed E-state index contributed by atoms with van der Waals surface area (Å²) < 4.78 is 10.7. The van der Waals surface area contributed by atoms with Gasteiger partial charge in [0, 0.05) is 24.0 Å². The number of ether oxygens (including phenoxy) is 2. The highest BCUT2D eigenvalue weighted by Crippen LogP contribution is 2.31. The molecule has 0 saturated heterocycles. The summed E-state index contributed by atoms with van der Waals surface area (Å²) in [7, 11) is 1.62. The molecule has 0 radical (unpaired) electrons. The summed E-state index contributed by atoms with van der Waals surface area (Å²) in [5, 5.41) is 2.70. The summed E-state index contributed by atoms with van der Waals surface area (Å²) in [6, 6.07) is 24.2. The maximum Gasteiger partial charge on any atom is 0.412 e. The van der Waals surface area contributed by atoms with Crippen molar-refractivity contribution in [2.24, 2.45) is 4.99 Å². The van der Waals surface area contributed by atoms with Gasteiger partial charge in [0.15, 0.2) is 0 Å². The van der Waals surface area contributed by atoms with E-state index in [0.29, 0.717) is 13.1 Å². The summed E-state index contributed by atoms with van der Waals surface area (Å²) in [5.41, 5.74) is 4.61. The standard InChI is InChI=1S/C30H27N3O4/c1-36-25-13-11-22(12-14-25)24-17-26(32-30(35)37-20-21-7-3-2-4-8-21)29(34)28(18-24)33-16-15-31-19-23-9-5-6-10-27(23)33/h2-14,17-19,28H,15-16,20H2,1H3,(H,32,35). The predicted molar refractivity (Wildman–Crippen MR) is 144 cm³/mol. The number of hydrogen-bond donors (Lipinski definition) is 1. The maximum atomic E-state index is 13.7. The first-order valence-electron chi connectivity index (χ1n) is 12.1. The number of carbonyl (C=O) groups excluding carboxylic acids is 2. The molecular formula is C30H27N3O4. The lowest BCUT2D eigenvalue weighted by molar-refractivity contribution is -0.116. The molecule has 3 aromatic rings. The molecule has 1 unspecified atom stereocenters. The highest BCUT2D eigenvalue weighted by Gasteiger charge is 2.33. The van der Waals surface area contributed by atoms with Crippen LogP contribution in [0.15, 0.2) is 102 Å². The summed E-state index contributed by atoms with van der Waals surface area (Å²) in [4.78, 5) is 33.0. The Kier molecular flexibility index (Phi) is 7.12. The molecule has 0 aromatic heterocycles. The number of benzodiazepines with no additional fused rings is 1. The monoisotopic (exact) mass is 493 g/mol. The molecule has 3 aromatic carbocycles. The van der Waals surface area contributed by atoms with Gasteiger partial charge in [-0.05, 0) is 47.1 Å². The Morgan fingerprint density at radius 2 is 1.78 bits per heavy atom. The van der Waals surface area contributed by atoms with Gasteiger partial charge >= 0.3 is 6.09 Å². The minimum absolute atomic E-state index is 0.107. The number of allylic oxidation sites excluding steroid dienone is 2. The van der Waals surface area contributed by atoms with E-state index in [-0.39, 0.29) is 18.1 Å². The molecule has 7 nitrogen and oxygen atoms in total. The molecule has 0 fully saturated rings. The number of rotatable bonds is 6. The highest BCUT2D eigenvalue weighted by atomic mass is 16.5. The van der Waals surface area contributed by atoms with Crippen molar-refractivity contribution in [1.29, 1.82) is 0 Å². The average molecular weight is 494 g/mol. The minimum Gasteiger partial charge on any atom is -0.497 e. The van der Waals surface area contributed by atoms with Gasteiger partial charge < -0.3 is 14.4 Å². The summed E-state index contributed by atoms with van der Waals surface area (Å²) in [6.07, 6.45) is 4.79. The van der Waals surface area contributed by atoms with Crippen molar-refractivity contribution < 1.29 is 19.1 Å². The zero-order valence-electron chi connectivity index (χ0n) is 20.5. The number of amides is 1. The molecule has 1 N–H and O–H groups in total. The van der Waals surface area contributed by atoms with Crippen molar-refractivity contribution in [3.05, 3.63) is 113 Å².